The van der Waals surface area contributed by atoms with Crippen LogP contribution in [0.1, 0.15) is 50.5 Å². The van der Waals surface area contributed by atoms with Crippen LogP contribution in [0.25, 0.3) is 0 Å². The lowest BCUT2D eigenvalue weighted by Crippen LogP contribution is -2.52. The number of carbonyl (C=O) groups is 3. The van der Waals surface area contributed by atoms with Gasteiger partial charge in [-0.15, -0.1) is 0 Å². The molecule has 9 heteroatoms. The second-order valence-corrected chi connectivity index (χ2v) is 10.1. The van der Waals surface area contributed by atoms with Crippen LogP contribution in [0.2, 0.25) is 0 Å². The molecule has 0 radical (unpaired) electrons. The van der Waals surface area contributed by atoms with Gasteiger partial charge in [0, 0.05) is 32.7 Å². The number of hydrogen-bond acceptors (Lipinski definition) is 6. The molecular formula is C27H40N4O5. The maximum absolute atomic E-state index is 13.3. The van der Waals surface area contributed by atoms with Gasteiger partial charge in [-0.05, 0) is 68.8 Å². The lowest BCUT2D eigenvalue weighted by Gasteiger charge is -2.45. The summed E-state index contributed by atoms with van der Waals surface area (Å²) >= 11 is 0. The van der Waals surface area contributed by atoms with Gasteiger partial charge in [0.05, 0.1) is 20.3 Å². The molecule has 36 heavy (non-hydrogen) atoms. The van der Waals surface area contributed by atoms with E-state index < -0.39 is 12.1 Å². The number of benzene rings is 1. The summed E-state index contributed by atoms with van der Waals surface area (Å²) in [5.74, 6) is 0.940. The minimum Gasteiger partial charge on any atom is -0.497 e. The first-order chi connectivity index (χ1) is 17.5. The highest BCUT2D eigenvalue weighted by molar-refractivity contribution is 6.04. The molecule has 4 rings (SSSR count). The topological polar surface area (TPSA) is 91.4 Å². The first-order valence-corrected chi connectivity index (χ1v) is 13.3. The summed E-state index contributed by atoms with van der Waals surface area (Å²) in [5.41, 5.74) is 0.839. The number of nitrogens with zero attached hydrogens (tertiary/aromatic N) is 3. The second-order valence-electron chi connectivity index (χ2n) is 10.1. The van der Waals surface area contributed by atoms with Crippen LogP contribution in [-0.4, -0.2) is 91.6 Å². The van der Waals surface area contributed by atoms with Gasteiger partial charge in [0.2, 0.25) is 5.91 Å². The van der Waals surface area contributed by atoms with Crippen molar-refractivity contribution in [1.29, 1.82) is 0 Å². The lowest BCUT2D eigenvalue weighted by atomic mass is 9.83. The molecular weight excluding hydrogens is 460 g/mol. The number of fused-ring (bicyclic) bond motifs is 1. The molecule has 3 saturated heterocycles. The van der Waals surface area contributed by atoms with Crippen LogP contribution in [0.15, 0.2) is 24.3 Å². The summed E-state index contributed by atoms with van der Waals surface area (Å²) in [7, 11) is 3.24. The molecule has 3 aliphatic heterocycles. The summed E-state index contributed by atoms with van der Waals surface area (Å²) < 4.78 is 10.4. The Hall–Kier alpha value is -2.65. The van der Waals surface area contributed by atoms with Crippen molar-refractivity contribution in [2.45, 2.75) is 63.6 Å². The van der Waals surface area contributed by atoms with Crippen molar-refractivity contribution in [3.63, 3.8) is 0 Å². The largest absolute Gasteiger partial charge is 0.497 e. The van der Waals surface area contributed by atoms with Crippen LogP contribution >= 0.6 is 0 Å². The molecule has 0 aromatic heterocycles. The Morgan fingerprint density at radius 2 is 1.86 bits per heavy atom. The van der Waals surface area contributed by atoms with Gasteiger partial charge >= 0.3 is 6.03 Å². The van der Waals surface area contributed by atoms with E-state index in [1.165, 1.54) is 43.7 Å². The van der Waals surface area contributed by atoms with Crippen LogP contribution in [0.3, 0.4) is 0 Å². The molecule has 4 amide bonds. The van der Waals surface area contributed by atoms with E-state index in [-0.39, 0.29) is 24.8 Å². The van der Waals surface area contributed by atoms with E-state index in [2.05, 4.69) is 10.2 Å². The number of hydrogen-bond donors (Lipinski definition) is 1. The van der Waals surface area contributed by atoms with Gasteiger partial charge in [-0.2, -0.15) is 0 Å². The number of imide groups is 1. The van der Waals surface area contributed by atoms with Crippen LogP contribution in [0.4, 0.5) is 4.79 Å². The molecule has 3 heterocycles. The van der Waals surface area contributed by atoms with E-state index in [9.17, 15) is 14.4 Å². The minimum atomic E-state index is -0.674. The summed E-state index contributed by atoms with van der Waals surface area (Å²) in [4.78, 5) is 44.5. The predicted octanol–water partition coefficient (Wildman–Crippen LogP) is 2.64. The summed E-state index contributed by atoms with van der Waals surface area (Å²) in [6.07, 6.45) is 6.59. The number of ether oxygens (including phenoxy) is 2. The normalized spacial score (nSPS) is 24.4. The molecule has 0 saturated carbocycles. The van der Waals surface area contributed by atoms with E-state index in [0.717, 1.165) is 24.3 Å². The van der Waals surface area contributed by atoms with Crippen molar-refractivity contribution in [1.82, 2.24) is 20.0 Å². The monoisotopic (exact) mass is 500 g/mol. The zero-order valence-electron chi connectivity index (χ0n) is 21.6. The van der Waals surface area contributed by atoms with Crippen molar-refractivity contribution in [3.05, 3.63) is 29.8 Å². The Morgan fingerprint density at radius 1 is 1.08 bits per heavy atom. The SMILES string of the molecule is COCCN(C[C@@H]1CCCN2CCCC[C@@H]12)C(=O)CC[C@@H]1NC(=O)N(Cc2ccc(OC)cc2)C1=O. The quantitative estimate of drug-likeness (QED) is 0.470. The van der Waals surface area contributed by atoms with Crippen molar-refractivity contribution >= 4 is 17.8 Å². The second kappa shape index (κ2) is 12.5. The zero-order chi connectivity index (χ0) is 25.5. The standard InChI is InChI=1S/C27H40N4O5/c1-35-17-16-30(19-21-6-5-15-29-14-4-3-7-24(21)29)25(32)13-12-23-26(33)31(27(34)28-23)18-20-8-10-22(36-2)11-9-20/h8-11,21,23-24H,3-7,12-19H2,1-2H3,(H,28,34)/t21-,23-,24-/m0/s1. The molecule has 0 bridgehead atoms. The highest BCUT2D eigenvalue weighted by Gasteiger charge is 2.39. The first kappa shape index (κ1) is 26.4. The molecule has 0 spiro atoms. The molecule has 9 nitrogen and oxygen atoms in total. The average molecular weight is 501 g/mol. The molecule has 1 N–H and O–H groups in total. The van der Waals surface area contributed by atoms with E-state index in [1.807, 2.05) is 17.0 Å². The van der Waals surface area contributed by atoms with Gasteiger partial charge in [-0.3, -0.25) is 14.5 Å². The smallest absolute Gasteiger partial charge is 0.325 e. The third kappa shape index (κ3) is 6.37. The number of methoxy groups -OCH3 is 2. The summed E-state index contributed by atoms with van der Waals surface area (Å²) in [5, 5.41) is 2.76. The summed E-state index contributed by atoms with van der Waals surface area (Å²) in [6.45, 7) is 4.30. The van der Waals surface area contributed by atoms with Gasteiger partial charge < -0.3 is 24.6 Å². The predicted molar refractivity (Wildman–Crippen MR) is 135 cm³/mol. The maximum atomic E-state index is 13.3. The van der Waals surface area contributed by atoms with Crippen LogP contribution in [0.5, 0.6) is 5.75 Å². The van der Waals surface area contributed by atoms with E-state index >= 15 is 0 Å². The number of piperidine rings is 2. The number of nitrogens with one attached hydrogen (secondary N) is 1. The van der Waals surface area contributed by atoms with Crippen LogP contribution in [0, 0.1) is 5.92 Å². The van der Waals surface area contributed by atoms with Crippen molar-refractivity contribution < 1.29 is 23.9 Å². The first-order valence-electron chi connectivity index (χ1n) is 13.3. The molecule has 1 aromatic carbocycles. The van der Waals surface area contributed by atoms with Gasteiger partial charge in [-0.1, -0.05) is 18.6 Å². The molecule has 3 fully saturated rings. The molecule has 198 valence electrons. The fourth-order valence-corrected chi connectivity index (χ4v) is 5.85. The fourth-order valence-electron chi connectivity index (χ4n) is 5.85. The Balaban J connectivity index is 1.32. The molecule has 0 aliphatic carbocycles. The number of urea groups is 1. The van der Waals surface area contributed by atoms with Gasteiger partial charge in [0.1, 0.15) is 11.8 Å². The van der Waals surface area contributed by atoms with E-state index in [1.54, 1.807) is 26.4 Å². The molecule has 3 atom stereocenters. The minimum absolute atomic E-state index is 0.0237. The molecule has 0 unspecified atom stereocenters. The fraction of sp³-hybridized carbons (Fsp3) is 0.667. The molecule has 3 aliphatic rings. The van der Waals surface area contributed by atoms with E-state index in [4.69, 9.17) is 9.47 Å². The Kier molecular flexibility index (Phi) is 9.20. The van der Waals surface area contributed by atoms with Gasteiger partial charge in [0.15, 0.2) is 0 Å². The van der Waals surface area contributed by atoms with Gasteiger partial charge in [-0.25, -0.2) is 4.79 Å². The van der Waals surface area contributed by atoms with Crippen molar-refractivity contribution in [2.24, 2.45) is 5.92 Å². The van der Waals surface area contributed by atoms with Crippen LogP contribution < -0.4 is 10.1 Å². The Bertz CT molecular complexity index is 906. The summed E-state index contributed by atoms with van der Waals surface area (Å²) in [6, 6.07) is 6.75. The Morgan fingerprint density at radius 3 is 2.61 bits per heavy atom. The van der Waals surface area contributed by atoms with Crippen molar-refractivity contribution in [3.8, 4) is 5.75 Å². The maximum Gasteiger partial charge on any atom is 0.325 e. The lowest BCUT2D eigenvalue weighted by molar-refractivity contribution is -0.134. The van der Waals surface area contributed by atoms with E-state index in [0.29, 0.717) is 31.5 Å². The third-order valence-corrected chi connectivity index (χ3v) is 7.86. The Labute approximate surface area is 214 Å². The van der Waals surface area contributed by atoms with Crippen molar-refractivity contribution in [2.75, 3.05) is 47.0 Å². The average Bonchev–Trinajstić information content (AvgIpc) is 3.17. The van der Waals surface area contributed by atoms with Crippen LogP contribution in [-0.2, 0) is 20.9 Å². The highest BCUT2D eigenvalue weighted by Crippen LogP contribution is 2.31. The van der Waals surface area contributed by atoms with Gasteiger partial charge in [0.25, 0.3) is 5.91 Å². The highest BCUT2D eigenvalue weighted by atomic mass is 16.5. The number of amides is 4. The molecule has 1 aromatic rings. The zero-order valence-corrected chi connectivity index (χ0v) is 21.6. The number of rotatable bonds is 11. The third-order valence-electron chi connectivity index (χ3n) is 7.86. The number of carbonyl (C=O) groups excluding carboxylic acids is 3.